The Morgan fingerprint density at radius 1 is 1.09 bits per heavy atom. The Balaban J connectivity index is 1.26. The maximum Gasteiger partial charge on any atom is 0.209 e. The highest BCUT2D eigenvalue weighted by molar-refractivity contribution is 7.15. The second kappa shape index (κ2) is 7.51. The molecule has 1 aromatic carbocycles. The summed E-state index contributed by atoms with van der Waals surface area (Å²) >= 11 is 7.78. The van der Waals surface area contributed by atoms with Gasteiger partial charge in [0.2, 0.25) is 5.13 Å². The molecule has 32 heavy (non-hydrogen) atoms. The average Bonchev–Trinajstić information content (AvgIpc) is 3.30. The molecule has 0 saturated heterocycles. The van der Waals surface area contributed by atoms with Crippen LogP contribution in [-0.2, 0) is 11.8 Å². The Kier molecular flexibility index (Phi) is 4.95. The molecule has 1 heterocycles. The van der Waals surface area contributed by atoms with E-state index < -0.39 is 0 Å². The standard InChI is InChI=1S/C27H31ClN2OS/c1-26-11-9-19(31)13-17(26)5-8-20-21(26)10-12-27(2)22(20)14-23-24(27)30-25(32-23)29-15-16-3-6-18(28)7-4-16/h3-7,15,19-22,31H,8-14H2,1-2H3/b29-15+/t19-,20?,21?,22?,26-,27-/m0/s1. The van der Waals surface area contributed by atoms with E-state index in [1.54, 1.807) is 16.9 Å². The molecule has 6 rings (SSSR count). The van der Waals surface area contributed by atoms with Crippen LogP contribution in [-0.4, -0.2) is 22.4 Å². The van der Waals surface area contributed by atoms with Gasteiger partial charge in [-0.05, 0) is 85.8 Å². The zero-order chi connectivity index (χ0) is 22.1. The number of fused-ring (bicyclic) bond motifs is 7. The molecule has 2 saturated carbocycles. The highest BCUT2D eigenvalue weighted by atomic mass is 35.5. The minimum Gasteiger partial charge on any atom is -0.393 e. The van der Waals surface area contributed by atoms with Crippen molar-refractivity contribution >= 4 is 34.3 Å². The van der Waals surface area contributed by atoms with Crippen LogP contribution in [0.5, 0.6) is 0 Å². The van der Waals surface area contributed by atoms with Crippen molar-refractivity contribution < 1.29 is 5.11 Å². The lowest BCUT2D eigenvalue weighted by atomic mass is 9.48. The van der Waals surface area contributed by atoms with Crippen LogP contribution < -0.4 is 0 Å². The van der Waals surface area contributed by atoms with Crippen molar-refractivity contribution in [3.63, 3.8) is 0 Å². The van der Waals surface area contributed by atoms with Crippen LogP contribution in [0.25, 0.3) is 0 Å². The first kappa shape index (κ1) is 21.1. The van der Waals surface area contributed by atoms with E-state index >= 15 is 0 Å². The van der Waals surface area contributed by atoms with Gasteiger partial charge in [0, 0.05) is 21.5 Å². The lowest BCUT2D eigenvalue weighted by Crippen LogP contribution is -2.51. The fourth-order valence-corrected chi connectivity index (χ4v) is 8.72. The zero-order valence-electron chi connectivity index (χ0n) is 18.9. The summed E-state index contributed by atoms with van der Waals surface area (Å²) in [6, 6.07) is 7.77. The number of allylic oxidation sites excluding steroid dienone is 1. The van der Waals surface area contributed by atoms with E-state index in [4.69, 9.17) is 21.6 Å². The fraction of sp³-hybridized carbons (Fsp3) is 0.556. The quantitative estimate of drug-likeness (QED) is 0.387. The molecule has 5 heteroatoms. The molecule has 3 nitrogen and oxygen atoms in total. The first-order valence-electron chi connectivity index (χ1n) is 12.0. The van der Waals surface area contributed by atoms with Gasteiger partial charge in [-0.15, -0.1) is 0 Å². The minimum absolute atomic E-state index is 0.130. The maximum absolute atomic E-state index is 10.2. The molecule has 0 spiro atoms. The smallest absolute Gasteiger partial charge is 0.209 e. The summed E-state index contributed by atoms with van der Waals surface area (Å²) in [6.45, 7) is 4.97. The maximum atomic E-state index is 10.2. The average molecular weight is 467 g/mol. The van der Waals surface area contributed by atoms with Crippen molar-refractivity contribution in [1.29, 1.82) is 0 Å². The van der Waals surface area contributed by atoms with Gasteiger partial charge in [0.05, 0.1) is 11.8 Å². The van der Waals surface area contributed by atoms with Crippen molar-refractivity contribution in [1.82, 2.24) is 4.98 Å². The highest BCUT2D eigenvalue weighted by Gasteiger charge is 2.58. The van der Waals surface area contributed by atoms with Crippen molar-refractivity contribution in [2.24, 2.45) is 28.2 Å². The van der Waals surface area contributed by atoms with E-state index in [1.165, 1.54) is 29.8 Å². The van der Waals surface area contributed by atoms with Crippen molar-refractivity contribution in [3.05, 3.63) is 57.1 Å². The SMILES string of the molecule is C[C@]12CC[C@H](O)CC1=CCC1C2CC[C@]2(C)c3nc(/N=C/c4ccc(Cl)cc4)sc3CC12. The van der Waals surface area contributed by atoms with Gasteiger partial charge >= 0.3 is 0 Å². The van der Waals surface area contributed by atoms with Crippen LogP contribution in [0.2, 0.25) is 5.02 Å². The molecule has 1 aromatic heterocycles. The lowest BCUT2D eigenvalue weighted by molar-refractivity contribution is -0.0169. The number of rotatable bonds is 2. The molecule has 0 aliphatic heterocycles. The van der Waals surface area contributed by atoms with Crippen molar-refractivity contribution in [3.8, 4) is 0 Å². The number of nitrogens with zero attached hydrogens (tertiary/aromatic N) is 2. The van der Waals surface area contributed by atoms with Crippen LogP contribution in [0.4, 0.5) is 5.13 Å². The number of aliphatic hydroxyl groups is 1. The number of aliphatic imine (C=N–C) groups is 1. The van der Waals surface area contributed by atoms with Crippen LogP contribution in [0.3, 0.4) is 0 Å². The van der Waals surface area contributed by atoms with Gasteiger partial charge < -0.3 is 5.11 Å². The van der Waals surface area contributed by atoms with Gasteiger partial charge in [0.1, 0.15) is 0 Å². The summed E-state index contributed by atoms with van der Waals surface area (Å²) in [6.07, 6.45) is 12.1. The Labute approximate surface area is 199 Å². The predicted molar refractivity (Wildman–Crippen MR) is 132 cm³/mol. The summed E-state index contributed by atoms with van der Waals surface area (Å²) < 4.78 is 0. The third-order valence-corrected chi connectivity index (χ3v) is 10.5. The molecular weight excluding hydrogens is 436 g/mol. The summed E-state index contributed by atoms with van der Waals surface area (Å²) in [7, 11) is 0. The number of hydrogen-bond donors (Lipinski definition) is 1. The van der Waals surface area contributed by atoms with Crippen LogP contribution >= 0.6 is 22.9 Å². The Bertz CT molecular complexity index is 1110. The third-order valence-electron chi connectivity index (χ3n) is 9.29. The molecule has 6 atom stereocenters. The number of benzene rings is 1. The Morgan fingerprint density at radius 2 is 1.88 bits per heavy atom. The van der Waals surface area contributed by atoms with Crippen LogP contribution in [0.1, 0.15) is 68.5 Å². The summed E-state index contributed by atoms with van der Waals surface area (Å²) in [5.41, 5.74) is 4.39. The van der Waals surface area contributed by atoms with Gasteiger partial charge in [-0.25, -0.2) is 9.98 Å². The number of hydrogen-bond acceptors (Lipinski definition) is 4. The van der Waals surface area contributed by atoms with E-state index in [1.807, 2.05) is 30.5 Å². The van der Waals surface area contributed by atoms with Crippen molar-refractivity contribution in [2.75, 3.05) is 0 Å². The first-order chi connectivity index (χ1) is 15.4. The molecule has 4 aliphatic carbocycles. The minimum atomic E-state index is -0.130. The molecule has 3 unspecified atom stereocenters. The lowest BCUT2D eigenvalue weighted by Gasteiger charge is -2.57. The molecule has 4 aliphatic rings. The zero-order valence-corrected chi connectivity index (χ0v) is 20.4. The van der Waals surface area contributed by atoms with Gasteiger partial charge in [0.15, 0.2) is 0 Å². The molecule has 0 radical (unpaired) electrons. The normalized spacial score (nSPS) is 38.1. The largest absolute Gasteiger partial charge is 0.393 e. The van der Waals surface area contributed by atoms with E-state index in [0.29, 0.717) is 11.3 Å². The number of aromatic nitrogens is 1. The van der Waals surface area contributed by atoms with Crippen molar-refractivity contribution in [2.45, 2.75) is 70.3 Å². The van der Waals surface area contributed by atoms with E-state index in [2.05, 4.69) is 19.9 Å². The summed E-state index contributed by atoms with van der Waals surface area (Å²) in [5.74, 6) is 2.18. The van der Waals surface area contributed by atoms with Gasteiger partial charge in [0.25, 0.3) is 0 Å². The molecule has 0 bridgehead atoms. The molecule has 2 fully saturated rings. The second-order valence-corrected chi connectivity index (χ2v) is 12.4. The van der Waals surface area contributed by atoms with E-state index in [0.717, 1.165) is 53.2 Å². The molecule has 168 valence electrons. The molecule has 0 amide bonds. The first-order valence-corrected chi connectivity index (χ1v) is 13.2. The third kappa shape index (κ3) is 3.17. The highest BCUT2D eigenvalue weighted by Crippen LogP contribution is 2.64. The van der Waals surface area contributed by atoms with Gasteiger partial charge in [-0.2, -0.15) is 0 Å². The predicted octanol–water partition coefficient (Wildman–Crippen LogP) is 6.88. The second-order valence-electron chi connectivity index (χ2n) is 10.9. The van der Waals surface area contributed by atoms with E-state index in [-0.39, 0.29) is 11.5 Å². The summed E-state index contributed by atoms with van der Waals surface area (Å²) in [4.78, 5) is 11.2. The van der Waals surface area contributed by atoms with Crippen LogP contribution in [0.15, 0.2) is 40.9 Å². The number of aliphatic hydroxyl groups excluding tert-OH is 1. The molecular formula is C27H31ClN2OS. The fourth-order valence-electron chi connectivity index (χ4n) is 7.49. The van der Waals surface area contributed by atoms with Crippen LogP contribution in [0, 0.1) is 23.2 Å². The van der Waals surface area contributed by atoms with E-state index in [9.17, 15) is 5.11 Å². The number of thiazole rings is 1. The topological polar surface area (TPSA) is 45.5 Å². The Morgan fingerprint density at radius 3 is 2.69 bits per heavy atom. The number of halogens is 1. The van der Waals surface area contributed by atoms with Gasteiger partial charge in [-0.3, -0.25) is 0 Å². The Hall–Kier alpha value is -1.49. The molecule has 2 aromatic rings. The monoisotopic (exact) mass is 466 g/mol. The van der Waals surface area contributed by atoms with Gasteiger partial charge in [-0.1, -0.05) is 60.6 Å². The molecule has 1 N–H and O–H groups in total. The summed E-state index contributed by atoms with van der Waals surface area (Å²) in [5, 5.41) is 11.9.